The summed E-state index contributed by atoms with van der Waals surface area (Å²) in [5.41, 5.74) is 3.62. The zero-order valence-corrected chi connectivity index (χ0v) is 20.7. The number of ether oxygens (including phenoxy) is 1. The van der Waals surface area contributed by atoms with Gasteiger partial charge in [0.2, 0.25) is 10.7 Å². The Labute approximate surface area is 206 Å². The Morgan fingerprint density at radius 2 is 1.70 bits per heavy atom. The molecule has 1 amide bonds. The number of hydrogen-bond acceptors (Lipinski definition) is 4. The molecule has 4 aromatic rings. The number of nitrogens with one attached hydrogen (secondary N) is 1. The van der Waals surface area contributed by atoms with Gasteiger partial charge in [-0.05, 0) is 74.6 Å². The summed E-state index contributed by atoms with van der Waals surface area (Å²) in [6.07, 6.45) is 0. The standard InChI is InChI=1S/C25H23BrN4O2S/c1-3-32-22-14-10-20(11-15-22)27-23(31)16-29-25(33)30(21-12-4-17(2)5-13-21)24(28-29)18-6-8-19(26)9-7-18/h4-15H,3,16H2,1-2H3,(H,27,31). The van der Waals surface area contributed by atoms with E-state index in [1.54, 1.807) is 16.8 Å². The van der Waals surface area contributed by atoms with Crippen LogP contribution in [0, 0.1) is 11.7 Å². The zero-order valence-electron chi connectivity index (χ0n) is 18.3. The van der Waals surface area contributed by atoms with E-state index in [0.717, 1.165) is 27.0 Å². The van der Waals surface area contributed by atoms with Crippen LogP contribution in [0.25, 0.3) is 17.1 Å². The van der Waals surface area contributed by atoms with Crippen LogP contribution in [-0.2, 0) is 11.3 Å². The van der Waals surface area contributed by atoms with E-state index < -0.39 is 0 Å². The fourth-order valence-electron chi connectivity index (χ4n) is 3.36. The molecule has 1 N–H and O–H groups in total. The average Bonchev–Trinajstić information content (AvgIpc) is 3.12. The molecular weight excluding hydrogens is 500 g/mol. The number of carbonyl (C=O) groups excluding carboxylic acids is 1. The fourth-order valence-corrected chi connectivity index (χ4v) is 3.92. The first-order valence-electron chi connectivity index (χ1n) is 10.5. The van der Waals surface area contributed by atoms with Gasteiger partial charge in [0.15, 0.2) is 5.82 Å². The van der Waals surface area contributed by atoms with Crippen molar-refractivity contribution in [2.45, 2.75) is 20.4 Å². The molecule has 0 fully saturated rings. The minimum atomic E-state index is -0.217. The quantitative estimate of drug-likeness (QED) is 0.294. The molecule has 0 unspecified atom stereocenters. The topological polar surface area (TPSA) is 61.1 Å². The molecule has 33 heavy (non-hydrogen) atoms. The number of carbonyl (C=O) groups is 1. The predicted molar refractivity (Wildman–Crippen MR) is 137 cm³/mol. The molecule has 4 rings (SSSR count). The van der Waals surface area contributed by atoms with Gasteiger partial charge in [-0.25, -0.2) is 4.68 Å². The molecular formula is C25H23BrN4O2S. The molecule has 1 aromatic heterocycles. The second-order valence-corrected chi connectivity index (χ2v) is 8.73. The van der Waals surface area contributed by atoms with E-state index in [1.807, 2.05) is 79.1 Å². The number of hydrogen-bond donors (Lipinski definition) is 1. The van der Waals surface area contributed by atoms with Gasteiger partial charge in [0.05, 0.1) is 6.61 Å². The summed E-state index contributed by atoms with van der Waals surface area (Å²) in [6.45, 7) is 4.55. The Morgan fingerprint density at radius 3 is 2.33 bits per heavy atom. The SMILES string of the molecule is CCOc1ccc(NC(=O)Cn2nc(-c3ccc(Br)cc3)n(-c3ccc(C)cc3)c2=S)cc1. The smallest absolute Gasteiger partial charge is 0.246 e. The van der Waals surface area contributed by atoms with Crippen molar-refractivity contribution in [2.24, 2.45) is 0 Å². The molecule has 0 aliphatic carbocycles. The second-order valence-electron chi connectivity index (χ2n) is 7.45. The third kappa shape index (κ3) is 5.40. The fraction of sp³-hybridized carbons (Fsp3) is 0.160. The summed E-state index contributed by atoms with van der Waals surface area (Å²) < 4.78 is 10.3. The summed E-state index contributed by atoms with van der Waals surface area (Å²) in [7, 11) is 0. The van der Waals surface area contributed by atoms with E-state index in [9.17, 15) is 4.79 Å². The number of nitrogens with zero attached hydrogens (tertiary/aromatic N) is 3. The lowest BCUT2D eigenvalue weighted by molar-refractivity contribution is -0.116. The Morgan fingerprint density at radius 1 is 1.03 bits per heavy atom. The van der Waals surface area contributed by atoms with Crippen LogP contribution in [0.5, 0.6) is 5.75 Å². The van der Waals surface area contributed by atoms with Crippen LogP contribution >= 0.6 is 28.1 Å². The van der Waals surface area contributed by atoms with Crippen molar-refractivity contribution in [1.82, 2.24) is 14.3 Å². The summed E-state index contributed by atoms with van der Waals surface area (Å²) >= 11 is 9.21. The van der Waals surface area contributed by atoms with E-state index in [-0.39, 0.29) is 12.5 Å². The van der Waals surface area contributed by atoms with Gasteiger partial charge in [0.25, 0.3) is 0 Å². The maximum absolute atomic E-state index is 12.8. The monoisotopic (exact) mass is 522 g/mol. The Hall–Kier alpha value is -3.23. The number of halogens is 1. The number of amides is 1. The summed E-state index contributed by atoms with van der Waals surface area (Å²) in [5.74, 6) is 1.21. The maximum Gasteiger partial charge on any atom is 0.246 e. The Bertz CT molecular complexity index is 1310. The number of aryl methyl sites for hydroxylation is 1. The first-order chi connectivity index (χ1) is 15.9. The van der Waals surface area contributed by atoms with Crippen LogP contribution < -0.4 is 10.1 Å². The maximum atomic E-state index is 12.8. The van der Waals surface area contributed by atoms with Crippen LogP contribution in [0.15, 0.2) is 77.3 Å². The van der Waals surface area contributed by atoms with E-state index in [2.05, 4.69) is 21.2 Å². The third-order valence-corrected chi connectivity index (χ3v) is 5.90. The van der Waals surface area contributed by atoms with Gasteiger partial charge in [-0.3, -0.25) is 9.36 Å². The molecule has 168 valence electrons. The molecule has 0 bridgehead atoms. The molecule has 0 spiro atoms. The lowest BCUT2D eigenvalue weighted by Gasteiger charge is -2.08. The first-order valence-corrected chi connectivity index (χ1v) is 11.7. The highest BCUT2D eigenvalue weighted by atomic mass is 79.9. The number of rotatable bonds is 7. The largest absolute Gasteiger partial charge is 0.494 e. The molecule has 0 aliphatic rings. The minimum Gasteiger partial charge on any atom is -0.494 e. The van der Waals surface area contributed by atoms with Crippen LogP contribution in [0.2, 0.25) is 0 Å². The van der Waals surface area contributed by atoms with Gasteiger partial charge in [-0.1, -0.05) is 45.8 Å². The van der Waals surface area contributed by atoms with Gasteiger partial charge < -0.3 is 10.1 Å². The molecule has 1 heterocycles. The molecule has 0 saturated heterocycles. The highest BCUT2D eigenvalue weighted by Gasteiger charge is 2.16. The molecule has 0 atom stereocenters. The van der Waals surface area contributed by atoms with Gasteiger partial charge in [-0.2, -0.15) is 5.10 Å². The summed E-state index contributed by atoms with van der Waals surface area (Å²) in [5, 5.41) is 7.60. The Balaban J connectivity index is 1.65. The molecule has 6 nitrogen and oxygen atoms in total. The van der Waals surface area contributed by atoms with Crippen molar-refractivity contribution in [3.63, 3.8) is 0 Å². The lowest BCUT2D eigenvalue weighted by atomic mass is 10.2. The van der Waals surface area contributed by atoms with Gasteiger partial charge in [0, 0.05) is 21.4 Å². The van der Waals surface area contributed by atoms with Crippen molar-refractivity contribution in [3.05, 3.63) is 87.6 Å². The molecule has 8 heteroatoms. The average molecular weight is 523 g/mol. The van der Waals surface area contributed by atoms with Crippen LogP contribution in [0.3, 0.4) is 0 Å². The zero-order chi connectivity index (χ0) is 23.4. The molecule has 0 aliphatic heterocycles. The predicted octanol–water partition coefficient (Wildman–Crippen LogP) is 6.18. The molecule has 3 aromatic carbocycles. The van der Waals surface area contributed by atoms with Crippen molar-refractivity contribution in [1.29, 1.82) is 0 Å². The van der Waals surface area contributed by atoms with Gasteiger partial charge >= 0.3 is 0 Å². The second kappa shape index (κ2) is 10.1. The summed E-state index contributed by atoms with van der Waals surface area (Å²) in [4.78, 5) is 12.8. The van der Waals surface area contributed by atoms with E-state index in [0.29, 0.717) is 22.9 Å². The van der Waals surface area contributed by atoms with Gasteiger partial charge in [0.1, 0.15) is 12.3 Å². The van der Waals surface area contributed by atoms with Crippen LogP contribution in [0.1, 0.15) is 12.5 Å². The van der Waals surface area contributed by atoms with Crippen molar-refractivity contribution in [3.8, 4) is 22.8 Å². The molecule has 0 saturated carbocycles. The lowest BCUT2D eigenvalue weighted by Crippen LogP contribution is -2.19. The normalized spacial score (nSPS) is 10.8. The van der Waals surface area contributed by atoms with E-state index in [4.69, 9.17) is 22.1 Å². The highest BCUT2D eigenvalue weighted by Crippen LogP contribution is 2.25. The number of aromatic nitrogens is 3. The molecule has 0 radical (unpaired) electrons. The number of anilines is 1. The van der Waals surface area contributed by atoms with Crippen molar-refractivity contribution in [2.75, 3.05) is 11.9 Å². The third-order valence-electron chi connectivity index (χ3n) is 4.98. The summed E-state index contributed by atoms with van der Waals surface area (Å²) in [6, 6.07) is 23.2. The number of benzene rings is 3. The van der Waals surface area contributed by atoms with Gasteiger partial charge in [-0.15, -0.1) is 0 Å². The van der Waals surface area contributed by atoms with Crippen LogP contribution in [-0.4, -0.2) is 26.9 Å². The Kier molecular flexibility index (Phi) is 7.05. The minimum absolute atomic E-state index is 0.00552. The van der Waals surface area contributed by atoms with Crippen molar-refractivity contribution >= 4 is 39.7 Å². The first kappa shape index (κ1) is 22.9. The van der Waals surface area contributed by atoms with E-state index >= 15 is 0 Å². The van der Waals surface area contributed by atoms with E-state index in [1.165, 1.54) is 0 Å². The highest BCUT2D eigenvalue weighted by molar-refractivity contribution is 9.10. The van der Waals surface area contributed by atoms with Crippen molar-refractivity contribution < 1.29 is 9.53 Å². The van der Waals surface area contributed by atoms with Crippen LogP contribution in [0.4, 0.5) is 5.69 Å².